The van der Waals surface area contributed by atoms with Gasteiger partial charge in [0, 0.05) is 18.9 Å². The number of amides is 1. The molecular formula is C17H14F3N3O2. The van der Waals surface area contributed by atoms with Crippen LogP contribution in [0.3, 0.4) is 0 Å². The number of imidazole rings is 1. The van der Waals surface area contributed by atoms with Crippen molar-refractivity contribution in [1.29, 1.82) is 0 Å². The second-order valence-corrected chi connectivity index (χ2v) is 5.29. The van der Waals surface area contributed by atoms with E-state index in [0.29, 0.717) is 22.7 Å². The number of carbonyl (C=O) groups excluding carboxylic acids is 1. The van der Waals surface area contributed by atoms with Gasteiger partial charge in [-0.05, 0) is 24.3 Å². The molecule has 1 N–H and O–H groups in total. The fraction of sp³-hybridized carbons (Fsp3) is 0.176. The summed E-state index contributed by atoms with van der Waals surface area (Å²) in [7, 11) is 1.39. The number of nitrogens with one attached hydrogen (secondary N) is 1. The Labute approximate surface area is 141 Å². The zero-order valence-electron chi connectivity index (χ0n) is 13.2. The molecule has 3 rings (SSSR count). The van der Waals surface area contributed by atoms with Crippen LogP contribution in [0.1, 0.15) is 5.56 Å². The molecule has 130 valence electrons. The lowest BCUT2D eigenvalue weighted by atomic mass is 10.1. The summed E-state index contributed by atoms with van der Waals surface area (Å²) in [5.41, 5.74) is 0.656. The lowest BCUT2D eigenvalue weighted by molar-refractivity contribution is -0.137. The van der Waals surface area contributed by atoms with Crippen LogP contribution in [0.2, 0.25) is 0 Å². The van der Waals surface area contributed by atoms with Gasteiger partial charge < -0.3 is 10.1 Å². The predicted octanol–water partition coefficient (Wildman–Crippen LogP) is 3.61. The van der Waals surface area contributed by atoms with E-state index in [1.165, 1.54) is 19.2 Å². The number of carbonyl (C=O) groups is 1. The SMILES string of the molecule is COCC(=O)Nc1c(-c2ccc(C(F)(F)F)cc2)nc2ccccn12. The molecule has 8 heteroatoms. The number of halogens is 3. The molecule has 0 aliphatic rings. The Balaban J connectivity index is 2.07. The minimum atomic E-state index is -4.41. The van der Waals surface area contributed by atoms with Gasteiger partial charge in [-0.1, -0.05) is 18.2 Å². The second kappa shape index (κ2) is 6.56. The van der Waals surface area contributed by atoms with Crippen molar-refractivity contribution >= 4 is 17.4 Å². The Bertz CT molecular complexity index is 902. The van der Waals surface area contributed by atoms with Crippen molar-refractivity contribution in [3.05, 3.63) is 54.2 Å². The third-order valence-corrected chi connectivity index (χ3v) is 3.55. The van der Waals surface area contributed by atoms with E-state index < -0.39 is 11.7 Å². The fourth-order valence-corrected chi connectivity index (χ4v) is 2.43. The van der Waals surface area contributed by atoms with Crippen LogP contribution in [0.15, 0.2) is 48.7 Å². The van der Waals surface area contributed by atoms with E-state index >= 15 is 0 Å². The topological polar surface area (TPSA) is 55.6 Å². The molecule has 0 saturated carbocycles. The fourth-order valence-electron chi connectivity index (χ4n) is 2.43. The summed E-state index contributed by atoms with van der Waals surface area (Å²) >= 11 is 0. The maximum atomic E-state index is 12.7. The lowest BCUT2D eigenvalue weighted by Crippen LogP contribution is -2.18. The number of anilines is 1. The minimum Gasteiger partial charge on any atom is -0.375 e. The third kappa shape index (κ3) is 3.48. The molecule has 1 amide bonds. The minimum absolute atomic E-state index is 0.146. The van der Waals surface area contributed by atoms with Crippen LogP contribution >= 0.6 is 0 Å². The first kappa shape index (κ1) is 17.0. The van der Waals surface area contributed by atoms with E-state index in [9.17, 15) is 18.0 Å². The Morgan fingerprint density at radius 2 is 1.92 bits per heavy atom. The van der Waals surface area contributed by atoms with Crippen molar-refractivity contribution in [3.8, 4) is 11.3 Å². The summed E-state index contributed by atoms with van der Waals surface area (Å²) in [4.78, 5) is 16.3. The zero-order chi connectivity index (χ0) is 18.0. The molecule has 0 unspecified atom stereocenters. The van der Waals surface area contributed by atoms with Gasteiger partial charge >= 0.3 is 6.18 Å². The van der Waals surface area contributed by atoms with Crippen LogP contribution in [-0.2, 0) is 15.7 Å². The molecule has 0 atom stereocenters. The van der Waals surface area contributed by atoms with E-state index in [1.54, 1.807) is 28.8 Å². The zero-order valence-corrected chi connectivity index (χ0v) is 13.2. The van der Waals surface area contributed by atoms with Crippen molar-refractivity contribution in [2.45, 2.75) is 6.18 Å². The highest BCUT2D eigenvalue weighted by molar-refractivity contribution is 5.95. The van der Waals surface area contributed by atoms with E-state index in [4.69, 9.17) is 4.74 Å². The van der Waals surface area contributed by atoms with Crippen molar-refractivity contribution in [2.24, 2.45) is 0 Å². The average Bonchev–Trinajstić information content (AvgIpc) is 2.93. The first-order valence-electron chi connectivity index (χ1n) is 7.33. The Kier molecular flexibility index (Phi) is 4.45. The highest BCUT2D eigenvalue weighted by Gasteiger charge is 2.30. The van der Waals surface area contributed by atoms with Crippen LogP contribution in [0, 0.1) is 0 Å². The lowest BCUT2D eigenvalue weighted by Gasteiger charge is -2.09. The highest BCUT2D eigenvalue weighted by Crippen LogP contribution is 2.33. The molecule has 2 heterocycles. The van der Waals surface area contributed by atoms with Gasteiger partial charge in [0.2, 0.25) is 0 Å². The molecule has 5 nitrogen and oxygen atoms in total. The van der Waals surface area contributed by atoms with Gasteiger partial charge in [-0.25, -0.2) is 4.98 Å². The number of pyridine rings is 1. The molecule has 0 aliphatic carbocycles. The largest absolute Gasteiger partial charge is 0.416 e. The van der Waals surface area contributed by atoms with Gasteiger partial charge in [-0.15, -0.1) is 0 Å². The highest BCUT2D eigenvalue weighted by atomic mass is 19.4. The molecule has 2 aromatic heterocycles. The number of ether oxygens (including phenoxy) is 1. The summed E-state index contributed by atoms with van der Waals surface area (Å²) in [5, 5.41) is 2.69. The van der Waals surface area contributed by atoms with Gasteiger partial charge in [0.1, 0.15) is 23.8 Å². The number of methoxy groups -OCH3 is 1. The number of benzene rings is 1. The Morgan fingerprint density at radius 1 is 1.20 bits per heavy atom. The maximum absolute atomic E-state index is 12.7. The smallest absolute Gasteiger partial charge is 0.375 e. The molecule has 0 radical (unpaired) electrons. The van der Waals surface area contributed by atoms with Crippen molar-refractivity contribution in [3.63, 3.8) is 0 Å². The van der Waals surface area contributed by atoms with E-state index in [-0.39, 0.29) is 12.5 Å². The van der Waals surface area contributed by atoms with Crippen molar-refractivity contribution < 1.29 is 22.7 Å². The number of alkyl halides is 3. The number of fused-ring (bicyclic) bond motifs is 1. The van der Waals surface area contributed by atoms with Crippen LogP contribution in [-0.4, -0.2) is 29.0 Å². The van der Waals surface area contributed by atoms with Gasteiger partial charge in [0.15, 0.2) is 0 Å². The molecular weight excluding hydrogens is 335 g/mol. The van der Waals surface area contributed by atoms with Gasteiger partial charge in [0.05, 0.1) is 5.56 Å². The molecule has 3 aromatic rings. The van der Waals surface area contributed by atoms with Crippen molar-refractivity contribution in [1.82, 2.24) is 9.38 Å². The molecule has 0 spiro atoms. The van der Waals surface area contributed by atoms with Gasteiger partial charge in [0.25, 0.3) is 5.91 Å². The first-order valence-corrected chi connectivity index (χ1v) is 7.33. The summed E-state index contributed by atoms with van der Waals surface area (Å²) in [6, 6.07) is 9.91. The summed E-state index contributed by atoms with van der Waals surface area (Å²) in [6.45, 7) is -0.146. The predicted molar refractivity (Wildman–Crippen MR) is 86.1 cm³/mol. The molecule has 25 heavy (non-hydrogen) atoms. The quantitative estimate of drug-likeness (QED) is 0.783. The van der Waals surface area contributed by atoms with Crippen LogP contribution in [0.25, 0.3) is 16.9 Å². The number of nitrogens with zero attached hydrogens (tertiary/aromatic N) is 2. The van der Waals surface area contributed by atoms with Gasteiger partial charge in [-0.2, -0.15) is 13.2 Å². The molecule has 0 saturated heterocycles. The normalized spacial score (nSPS) is 11.7. The second-order valence-electron chi connectivity index (χ2n) is 5.29. The van der Waals surface area contributed by atoms with E-state index in [1.807, 2.05) is 0 Å². The average molecular weight is 349 g/mol. The summed E-state index contributed by atoms with van der Waals surface area (Å²) in [5.74, 6) is -0.0151. The number of hydrogen-bond acceptors (Lipinski definition) is 3. The van der Waals surface area contributed by atoms with Crippen LogP contribution < -0.4 is 5.32 Å². The molecule has 1 aromatic carbocycles. The molecule has 0 bridgehead atoms. The number of hydrogen-bond donors (Lipinski definition) is 1. The monoisotopic (exact) mass is 349 g/mol. The standard InChI is InChI=1S/C17H14F3N3O2/c1-25-10-14(24)22-16-15(21-13-4-2-3-9-23(13)16)11-5-7-12(8-6-11)17(18,19)20/h2-9H,10H2,1H3,(H,22,24). The van der Waals surface area contributed by atoms with Gasteiger partial charge in [-0.3, -0.25) is 9.20 Å². The molecule has 0 aliphatic heterocycles. The molecule has 0 fully saturated rings. The van der Waals surface area contributed by atoms with E-state index in [0.717, 1.165) is 12.1 Å². The first-order chi connectivity index (χ1) is 11.9. The Hall–Kier alpha value is -2.87. The maximum Gasteiger partial charge on any atom is 0.416 e. The summed E-state index contributed by atoms with van der Waals surface area (Å²) in [6.07, 6.45) is -2.70. The van der Waals surface area contributed by atoms with Crippen molar-refractivity contribution in [2.75, 3.05) is 19.0 Å². The Morgan fingerprint density at radius 3 is 2.56 bits per heavy atom. The number of rotatable bonds is 4. The van der Waals surface area contributed by atoms with E-state index in [2.05, 4.69) is 10.3 Å². The van der Waals surface area contributed by atoms with Crippen LogP contribution in [0.4, 0.5) is 19.0 Å². The summed E-state index contributed by atoms with van der Waals surface area (Å²) < 4.78 is 44.7. The number of aromatic nitrogens is 2. The van der Waals surface area contributed by atoms with Crippen LogP contribution in [0.5, 0.6) is 0 Å². The third-order valence-electron chi connectivity index (χ3n) is 3.55.